The molecule has 1 saturated carbocycles. The molecule has 1 atom stereocenters. The molecular formula is C22H32IN3O2. The Balaban J connectivity index is 0.00000280. The van der Waals surface area contributed by atoms with E-state index in [1.807, 2.05) is 37.4 Å². The van der Waals surface area contributed by atoms with Crippen LogP contribution in [0.3, 0.4) is 0 Å². The number of carbonyl (C=O) groups excluding carboxylic acids is 1. The van der Waals surface area contributed by atoms with Gasteiger partial charge in [-0.25, -0.2) is 9.13 Å². The number of nitrogens with one attached hydrogen (secondary N) is 1. The van der Waals surface area contributed by atoms with Crippen LogP contribution in [0.2, 0.25) is 0 Å². The molecule has 0 saturated heterocycles. The lowest BCUT2D eigenvalue weighted by molar-refractivity contribution is -0.677. The number of aromatic nitrogens is 2. The molecule has 0 radical (unpaired) electrons. The number of nitrogens with zero attached hydrogens (tertiary/aromatic N) is 2. The molecule has 0 spiro atoms. The number of halogens is 1. The van der Waals surface area contributed by atoms with Gasteiger partial charge in [-0.15, -0.1) is 0 Å². The summed E-state index contributed by atoms with van der Waals surface area (Å²) >= 11 is 0. The van der Waals surface area contributed by atoms with Gasteiger partial charge >= 0.3 is 0 Å². The Kier molecular flexibility index (Phi) is 9.44. The molecule has 6 heteroatoms. The van der Waals surface area contributed by atoms with Crippen LogP contribution in [0, 0.1) is 6.92 Å². The quantitative estimate of drug-likeness (QED) is 0.323. The van der Waals surface area contributed by atoms with Crippen LogP contribution in [-0.4, -0.2) is 23.1 Å². The molecule has 3 rings (SSSR count). The first-order chi connectivity index (χ1) is 13.1. The Bertz CT molecular complexity index is 727. The fraction of sp³-hybridized carbons (Fsp3) is 0.545. The van der Waals surface area contributed by atoms with Crippen LogP contribution in [0.4, 0.5) is 0 Å². The molecule has 1 fully saturated rings. The second-order valence-electron chi connectivity index (χ2n) is 7.48. The normalized spacial score (nSPS) is 15.6. The number of amides is 1. The highest BCUT2D eigenvalue weighted by Crippen LogP contribution is 2.27. The largest absolute Gasteiger partial charge is 1.00 e. The summed E-state index contributed by atoms with van der Waals surface area (Å²) in [5.74, 6) is 1.19. The van der Waals surface area contributed by atoms with Crippen LogP contribution in [0.15, 0.2) is 42.7 Å². The first-order valence-electron chi connectivity index (χ1n) is 10.1. The molecule has 1 aromatic heterocycles. The molecule has 1 amide bonds. The van der Waals surface area contributed by atoms with E-state index in [9.17, 15) is 4.79 Å². The van der Waals surface area contributed by atoms with Gasteiger partial charge in [-0.1, -0.05) is 49.6 Å². The topological polar surface area (TPSA) is 47.1 Å². The number of hydrogen-bond acceptors (Lipinski definition) is 2. The Labute approximate surface area is 185 Å². The lowest BCUT2D eigenvalue weighted by atomic mass is 9.97. The average Bonchev–Trinajstić information content (AvgIpc) is 3.03. The summed E-state index contributed by atoms with van der Waals surface area (Å²) in [7, 11) is 2.04. The highest BCUT2D eigenvalue weighted by molar-refractivity contribution is 5.82. The van der Waals surface area contributed by atoms with E-state index >= 15 is 0 Å². The van der Waals surface area contributed by atoms with Crippen molar-refractivity contribution in [3.63, 3.8) is 0 Å². The van der Waals surface area contributed by atoms with E-state index in [1.54, 1.807) is 0 Å². The summed E-state index contributed by atoms with van der Waals surface area (Å²) in [4.78, 5) is 12.9. The van der Waals surface area contributed by atoms with E-state index in [1.165, 1.54) is 25.1 Å². The molecule has 28 heavy (non-hydrogen) atoms. The first kappa shape index (κ1) is 22.9. The van der Waals surface area contributed by atoms with E-state index < -0.39 is 6.10 Å². The third kappa shape index (κ3) is 6.30. The third-order valence-corrected chi connectivity index (χ3v) is 5.49. The fourth-order valence-corrected chi connectivity index (χ4v) is 3.70. The molecule has 0 bridgehead atoms. The van der Waals surface area contributed by atoms with Crippen LogP contribution in [0.5, 0.6) is 0 Å². The molecule has 154 valence electrons. The van der Waals surface area contributed by atoms with Gasteiger partial charge in [0.25, 0.3) is 11.7 Å². The minimum Gasteiger partial charge on any atom is -1.00 e. The molecule has 5 nitrogen and oxygen atoms in total. The summed E-state index contributed by atoms with van der Waals surface area (Å²) in [5, 5.41) is 3.08. The molecule has 1 aromatic carbocycles. The summed E-state index contributed by atoms with van der Waals surface area (Å²) in [6, 6.07) is 9.87. The summed E-state index contributed by atoms with van der Waals surface area (Å²) in [6.07, 6.45) is 10.5. The van der Waals surface area contributed by atoms with Crippen molar-refractivity contribution in [1.82, 2.24) is 9.88 Å². The van der Waals surface area contributed by atoms with Crippen LogP contribution in [0.25, 0.3) is 0 Å². The highest BCUT2D eigenvalue weighted by Gasteiger charge is 2.26. The van der Waals surface area contributed by atoms with Crippen molar-refractivity contribution in [3.05, 3.63) is 54.1 Å². The van der Waals surface area contributed by atoms with Crippen molar-refractivity contribution in [2.24, 2.45) is 7.05 Å². The van der Waals surface area contributed by atoms with Gasteiger partial charge in [-0.2, -0.15) is 0 Å². The molecule has 1 N–H and O–H groups in total. The van der Waals surface area contributed by atoms with Crippen molar-refractivity contribution in [2.45, 2.75) is 64.2 Å². The highest BCUT2D eigenvalue weighted by atomic mass is 127. The second-order valence-corrected chi connectivity index (χ2v) is 7.48. The second kappa shape index (κ2) is 11.6. The summed E-state index contributed by atoms with van der Waals surface area (Å²) in [5.41, 5.74) is 0.939. The zero-order valence-electron chi connectivity index (χ0n) is 16.9. The van der Waals surface area contributed by atoms with Gasteiger partial charge in [0.15, 0.2) is 6.10 Å². The Hall–Kier alpha value is -1.41. The number of rotatable bonds is 8. The number of imidazole rings is 1. The molecular weight excluding hydrogens is 465 g/mol. The Morgan fingerprint density at radius 3 is 2.61 bits per heavy atom. The third-order valence-electron chi connectivity index (χ3n) is 5.49. The fourth-order valence-electron chi connectivity index (χ4n) is 3.70. The minimum atomic E-state index is -0.514. The van der Waals surface area contributed by atoms with E-state index in [4.69, 9.17) is 4.74 Å². The Morgan fingerprint density at radius 2 is 1.96 bits per heavy atom. The maximum Gasteiger partial charge on any atom is 0.253 e. The number of hydrogen-bond donors (Lipinski definition) is 1. The average molecular weight is 497 g/mol. The summed E-state index contributed by atoms with van der Waals surface area (Å²) < 4.78 is 10.6. The van der Waals surface area contributed by atoms with E-state index in [0.29, 0.717) is 6.54 Å². The standard InChI is InChI=1S/C22H31N3O2.HI/c1-18-24(2)16-17-25(18)15-9-14-23-22(26)21(19-10-5-3-6-11-19)27-20-12-7-4-8-13-20;/h3,5-6,10-11,16-17,20-21H,4,7-9,12-15H2,1-2H3;1H. The summed E-state index contributed by atoms with van der Waals surface area (Å²) in [6.45, 7) is 3.64. The SMILES string of the molecule is Cc1n(CCCNC(=O)C(OC2CCCCC2)c2ccccc2)cc[n+]1C.[I-]. The van der Waals surface area contributed by atoms with E-state index in [2.05, 4.69) is 33.8 Å². The van der Waals surface area contributed by atoms with E-state index in [0.717, 1.165) is 31.4 Å². The van der Waals surface area contributed by atoms with Crippen molar-refractivity contribution >= 4 is 5.91 Å². The van der Waals surface area contributed by atoms with Gasteiger partial charge in [-0.3, -0.25) is 4.79 Å². The van der Waals surface area contributed by atoms with Gasteiger partial charge in [0.1, 0.15) is 12.4 Å². The van der Waals surface area contributed by atoms with E-state index in [-0.39, 0.29) is 36.0 Å². The first-order valence-corrected chi connectivity index (χ1v) is 10.1. The predicted molar refractivity (Wildman–Crippen MR) is 105 cm³/mol. The monoisotopic (exact) mass is 497 g/mol. The maximum absolute atomic E-state index is 12.9. The predicted octanol–water partition coefficient (Wildman–Crippen LogP) is 0.222. The van der Waals surface area contributed by atoms with Crippen LogP contribution >= 0.6 is 0 Å². The minimum absolute atomic E-state index is 0. The van der Waals surface area contributed by atoms with Gasteiger partial charge in [0, 0.05) is 19.9 Å². The lowest BCUT2D eigenvalue weighted by Crippen LogP contribution is -3.00. The Morgan fingerprint density at radius 1 is 1.25 bits per heavy atom. The maximum atomic E-state index is 12.9. The van der Waals surface area contributed by atoms with Crippen LogP contribution < -0.4 is 33.9 Å². The van der Waals surface area contributed by atoms with Crippen molar-refractivity contribution in [3.8, 4) is 0 Å². The smallest absolute Gasteiger partial charge is 0.253 e. The van der Waals surface area contributed by atoms with Crippen molar-refractivity contribution < 1.29 is 38.1 Å². The zero-order chi connectivity index (χ0) is 19.1. The molecule has 1 aliphatic rings. The van der Waals surface area contributed by atoms with Gasteiger partial charge in [0.05, 0.1) is 19.7 Å². The molecule has 1 unspecified atom stereocenters. The number of ether oxygens (including phenoxy) is 1. The van der Waals surface area contributed by atoms with Gasteiger partial charge in [-0.05, 0) is 18.4 Å². The molecule has 1 heterocycles. The molecule has 1 aliphatic carbocycles. The van der Waals surface area contributed by atoms with Crippen molar-refractivity contribution in [1.29, 1.82) is 0 Å². The van der Waals surface area contributed by atoms with Gasteiger partial charge < -0.3 is 34.0 Å². The van der Waals surface area contributed by atoms with Crippen LogP contribution in [-0.2, 0) is 23.1 Å². The number of aryl methyl sites for hydroxylation is 2. The van der Waals surface area contributed by atoms with Crippen LogP contribution in [0.1, 0.15) is 56.0 Å². The number of benzene rings is 1. The number of carbonyl (C=O) groups is 1. The lowest BCUT2D eigenvalue weighted by Gasteiger charge is -2.27. The molecule has 2 aromatic rings. The molecule has 0 aliphatic heterocycles. The van der Waals surface area contributed by atoms with Gasteiger partial charge in [0.2, 0.25) is 0 Å². The zero-order valence-corrected chi connectivity index (χ0v) is 19.1. The van der Waals surface area contributed by atoms with Crippen molar-refractivity contribution in [2.75, 3.05) is 6.54 Å².